The first-order valence-electron chi connectivity index (χ1n) is 11.2. The monoisotopic (exact) mass is 406 g/mol. The number of pyridine rings is 2. The van der Waals surface area contributed by atoms with Crippen LogP contribution in [0, 0.1) is 0 Å². The van der Waals surface area contributed by atoms with E-state index in [0.29, 0.717) is 28.4 Å². The molecule has 9 nitrogen and oxygen atoms in total. The van der Waals surface area contributed by atoms with Crippen LogP contribution in [0.25, 0.3) is 22.0 Å². The highest BCUT2D eigenvalue weighted by atomic mass is 16.3. The first-order valence-corrected chi connectivity index (χ1v) is 9.66. The predicted molar refractivity (Wildman–Crippen MR) is 111 cm³/mol. The van der Waals surface area contributed by atoms with Crippen LogP contribution in [0.1, 0.15) is 39.3 Å². The standard InChI is InChI=1S/C21H21N7O2/c1-28-11-16(9-25-28)15-6-14-7-19(24-10-17(14)23-8-15)27-20(29)18-12-30-21(26-18)13-2-4-22-5-3-13/h6-13,22H,2-5H2,1H3,(H,24,27,29)/i1D3. The minimum atomic E-state index is -2.35. The normalized spacial score (nSPS) is 16.7. The Morgan fingerprint density at radius 1 is 1.23 bits per heavy atom. The van der Waals surface area contributed by atoms with Gasteiger partial charge in [0.2, 0.25) is 0 Å². The second-order valence-electron chi connectivity index (χ2n) is 7.21. The van der Waals surface area contributed by atoms with Gasteiger partial charge in [0.05, 0.1) is 17.9 Å². The van der Waals surface area contributed by atoms with Crippen LogP contribution in [0.15, 0.2) is 47.6 Å². The summed E-state index contributed by atoms with van der Waals surface area (Å²) >= 11 is 0. The van der Waals surface area contributed by atoms with Gasteiger partial charge in [-0.05, 0) is 38.1 Å². The second kappa shape index (κ2) is 7.68. The van der Waals surface area contributed by atoms with Crippen molar-refractivity contribution in [2.45, 2.75) is 18.8 Å². The molecule has 1 saturated heterocycles. The van der Waals surface area contributed by atoms with Crippen molar-refractivity contribution >= 4 is 22.6 Å². The summed E-state index contributed by atoms with van der Waals surface area (Å²) in [7, 11) is 0. The lowest BCUT2D eigenvalue weighted by molar-refractivity contribution is 0.102. The molecule has 1 aliphatic heterocycles. The van der Waals surface area contributed by atoms with Crippen molar-refractivity contribution in [3.8, 4) is 11.1 Å². The third-order valence-electron chi connectivity index (χ3n) is 5.17. The maximum Gasteiger partial charge on any atom is 0.278 e. The van der Waals surface area contributed by atoms with Crippen molar-refractivity contribution in [3.05, 3.63) is 54.8 Å². The topological polar surface area (TPSA) is 111 Å². The Bertz CT molecular complexity index is 1310. The van der Waals surface area contributed by atoms with E-state index in [1.807, 2.05) is 6.07 Å². The number of aromatic nitrogens is 5. The Morgan fingerprint density at radius 3 is 2.97 bits per heavy atom. The summed E-state index contributed by atoms with van der Waals surface area (Å²) in [5.74, 6) is 0.732. The maximum absolute atomic E-state index is 12.7. The van der Waals surface area contributed by atoms with Crippen molar-refractivity contribution in [1.82, 2.24) is 30.0 Å². The molecular weight excluding hydrogens is 382 g/mol. The summed E-state index contributed by atoms with van der Waals surface area (Å²) in [5.41, 5.74) is 2.16. The van der Waals surface area contributed by atoms with E-state index in [1.165, 1.54) is 18.7 Å². The van der Waals surface area contributed by atoms with Gasteiger partial charge in [0.1, 0.15) is 12.1 Å². The van der Waals surface area contributed by atoms with Gasteiger partial charge in [0.15, 0.2) is 11.6 Å². The van der Waals surface area contributed by atoms with E-state index in [0.717, 1.165) is 36.0 Å². The van der Waals surface area contributed by atoms with E-state index in [4.69, 9.17) is 8.53 Å². The largest absolute Gasteiger partial charge is 0.448 e. The second-order valence-corrected chi connectivity index (χ2v) is 7.21. The molecule has 0 radical (unpaired) electrons. The van der Waals surface area contributed by atoms with E-state index in [2.05, 4.69) is 30.7 Å². The SMILES string of the molecule is [2H]C([2H])([2H])n1cc(-c2cnc3cnc(NC(=O)c4coc(C5CCNCC5)n4)cc3c2)cn1. The predicted octanol–water partition coefficient (Wildman–Crippen LogP) is 2.74. The third-order valence-corrected chi connectivity index (χ3v) is 5.17. The van der Waals surface area contributed by atoms with Gasteiger partial charge in [-0.25, -0.2) is 9.97 Å². The molecule has 0 aliphatic carbocycles. The molecule has 0 unspecified atom stereocenters. The van der Waals surface area contributed by atoms with Gasteiger partial charge in [0.25, 0.3) is 5.91 Å². The summed E-state index contributed by atoms with van der Waals surface area (Å²) in [6.45, 7) is -0.538. The molecule has 5 rings (SSSR count). The molecule has 0 spiro atoms. The lowest BCUT2D eigenvalue weighted by Gasteiger charge is -2.19. The molecule has 2 N–H and O–H groups in total. The molecule has 0 atom stereocenters. The van der Waals surface area contributed by atoms with Gasteiger partial charge in [-0.1, -0.05) is 0 Å². The van der Waals surface area contributed by atoms with Crippen LogP contribution in [-0.2, 0) is 6.98 Å². The number of hydrogen-bond acceptors (Lipinski definition) is 7. The first kappa shape index (κ1) is 15.3. The van der Waals surface area contributed by atoms with E-state index in [-0.39, 0.29) is 11.6 Å². The van der Waals surface area contributed by atoms with Crippen LogP contribution in [0.5, 0.6) is 0 Å². The number of nitrogens with zero attached hydrogens (tertiary/aromatic N) is 5. The van der Waals surface area contributed by atoms with Crippen molar-refractivity contribution < 1.29 is 13.3 Å². The molecule has 1 aliphatic rings. The number of rotatable bonds is 4. The van der Waals surface area contributed by atoms with Crippen molar-refractivity contribution in [2.75, 3.05) is 18.4 Å². The fraction of sp³-hybridized carbons (Fsp3) is 0.286. The lowest BCUT2D eigenvalue weighted by Crippen LogP contribution is -2.26. The van der Waals surface area contributed by atoms with Crippen molar-refractivity contribution in [2.24, 2.45) is 6.98 Å². The van der Waals surface area contributed by atoms with Crippen molar-refractivity contribution in [3.63, 3.8) is 0 Å². The summed E-state index contributed by atoms with van der Waals surface area (Å²) in [6.07, 6.45) is 9.33. The number of amides is 1. The Kier molecular flexibility index (Phi) is 3.91. The molecule has 1 fully saturated rings. The molecular formula is C21H21N7O2. The molecule has 30 heavy (non-hydrogen) atoms. The van der Waals surface area contributed by atoms with Crippen LogP contribution < -0.4 is 10.6 Å². The number of hydrogen-bond donors (Lipinski definition) is 2. The number of fused-ring (bicyclic) bond motifs is 1. The maximum atomic E-state index is 12.7. The van der Waals surface area contributed by atoms with Gasteiger partial charge < -0.3 is 15.1 Å². The van der Waals surface area contributed by atoms with Crippen LogP contribution in [-0.4, -0.2) is 43.7 Å². The molecule has 1 amide bonds. The summed E-state index contributed by atoms with van der Waals surface area (Å²) in [6, 6.07) is 3.54. The highest BCUT2D eigenvalue weighted by Gasteiger charge is 2.22. The molecule has 5 heterocycles. The molecule has 0 bridgehead atoms. The Labute approximate surface area is 176 Å². The zero-order valence-electron chi connectivity index (χ0n) is 19.0. The molecule has 4 aromatic rings. The zero-order chi connectivity index (χ0) is 23.0. The number of piperidine rings is 1. The van der Waals surface area contributed by atoms with E-state index < -0.39 is 12.9 Å². The highest BCUT2D eigenvalue weighted by Crippen LogP contribution is 2.25. The fourth-order valence-corrected chi connectivity index (χ4v) is 3.56. The first-order chi connectivity index (χ1) is 15.9. The minimum absolute atomic E-state index is 0.203. The van der Waals surface area contributed by atoms with Crippen LogP contribution in [0.4, 0.5) is 5.82 Å². The Morgan fingerprint density at radius 2 is 2.13 bits per heavy atom. The fourth-order valence-electron chi connectivity index (χ4n) is 3.56. The molecule has 9 heteroatoms. The number of oxazole rings is 1. The number of carbonyl (C=O) groups excluding carboxylic acids is 1. The minimum Gasteiger partial charge on any atom is -0.448 e. The van der Waals surface area contributed by atoms with E-state index in [1.54, 1.807) is 18.5 Å². The zero-order valence-corrected chi connectivity index (χ0v) is 16.0. The van der Waals surface area contributed by atoms with E-state index >= 15 is 0 Å². The summed E-state index contributed by atoms with van der Waals surface area (Å²) in [5, 5.41) is 10.7. The Balaban J connectivity index is 1.35. The van der Waals surface area contributed by atoms with Crippen LogP contribution >= 0.6 is 0 Å². The third kappa shape index (κ3) is 3.67. The summed E-state index contributed by atoms with van der Waals surface area (Å²) in [4.78, 5) is 25.7. The smallest absolute Gasteiger partial charge is 0.278 e. The van der Waals surface area contributed by atoms with Crippen LogP contribution in [0.3, 0.4) is 0 Å². The Hall–Kier alpha value is -3.59. The number of anilines is 1. The van der Waals surface area contributed by atoms with Gasteiger partial charge in [-0.2, -0.15) is 5.10 Å². The quantitative estimate of drug-likeness (QED) is 0.536. The van der Waals surface area contributed by atoms with E-state index in [9.17, 15) is 4.79 Å². The summed E-state index contributed by atoms with van der Waals surface area (Å²) < 4.78 is 28.9. The average Bonchev–Trinajstić information content (AvgIpc) is 3.49. The molecule has 4 aromatic heterocycles. The number of carbonyl (C=O) groups is 1. The molecule has 0 saturated carbocycles. The molecule has 0 aromatic carbocycles. The van der Waals surface area contributed by atoms with Gasteiger partial charge in [-0.3, -0.25) is 14.5 Å². The number of aryl methyl sites for hydroxylation is 1. The highest BCUT2D eigenvalue weighted by molar-refractivity contribution is 6.02. The van der Waals surface area contributed by atoms with Crippen LogP contribution in [0.2, 0.25) is 0 Å². The number of nitrogens with one attached hydrogen (secondary N) is 2. The molecule has 152 valence electrons. The van der Waals surface area contributed by atoms with Gasteiger partial charge in [0, 0.05) is 45.9 Å². The average molecular weight is 406 g/mol. The van der Waals surface area contributed by atoms with Crippen molar-refractivity contribution in [1.29, 1.82) is 0 Å². The van der Waals surface area contributed by atoms with Gasteiger partial charge >= 0.3 is 0 Å². The van der Waals surface area contributed by atoms with Gasteiger partial charge in [-0.15, -0.1) is 0 Å². The lowest BCUT2D eigenvalue weighted by atomic mass is 9.98.